The Balaban J connectivity index is 2.08. The Morgan fingerprint density at radius 1 is 1.22 bits per heavy atom. The molecule has 1 saturated heterocycles. The number of anilines is 1. The fourth-order valence-corrected chi connectivity index (χ4v) is 4.24. The molecule has 3 rings (SSSR count). The Labute approximate surface area is 164 Å². The van der Waals surface area contributed by atoms with E-state index in [9.17, 15) is 0 Å². The fourth-order valence-electron chi connectivity index (χ4n) is 4.24. The lowest BCUT2D eigenvalue weighted by Crippen LogP contribution is -2.44. The number of likely N-dealkylation sites (tertiary alicyclic amines) is 1. The third kappa shape index (κ3) is 4.27. The first-order valence-electron chi connectivity index (χ1n) is 10.4. The number of hydrogen-bond acceptors (Lipinski definition) is 6. The summed E-state index contributed by atoms with van der Waals surface area (Å²) in [5, 5.41) is 2.18. The zero-order valence-corrected chi connectivity index (χ0v) is 17.9. The Kier molecular flexibility index (Phi) is 6.37. The van der Waals surface area contributed by atoms with Gasteiger partial charge in [0.2, 0.25) is 0 Å². The van der Waals surface area contributed by atoms with Gasteiger partial charge in [0.15, 0.2) is 0 Å². The predicted molar refractivity (Wildman–Crippen MR) is 114 cm³/mol. The summed E-state index contributed by atoms with van der Waals surface area (Å²) in [6.07, 6.45) is 3.26. The van der Waals surface area contributed by atoms with Gasteiger partial charge in [-0.2, -0.15) is 0 Å². The van der Waals surface area contributed by atoms with Crippen molar-refractivity contribution in [2.45, 2.75) is 47.1 Å². The van der Waals surface area contributed by atoms with Crippen molar-refractivity contribution in [3.63, 3.8) is 0 Å². The highest BCUT2D eigenvalue weighted by atomic mass is 15.5. The average Bonchev–Trinajstić information content (AvgIpc) is 3.06. The molecule has 1 aromatic rings. The molecule has 0 aromatic carbocycles. The van der Waals surface area contributed by atoms with E-state index in [1.165, 1.54) is 17.7 Å². The van der Waals surface area contributed by atoms with Crippen LogP contribution >= 0.6 is 0 Å². The third-order valence-electron chi connectivity index (χ3n) is 6.12. The second-order valence-electron chi connectivity index (χ2n) is 8.18. The van der Waals surface area contributed by atoms with Crippen LogP contribution in [0.5, 0.6) is 0 Å². The largest absolute Gasteiger partial charge is 0.356 e. The topological polar surface area (TPSA) is 47.0 Å². The third-order valence-corrected chi connectivity index (χ3v) is 6.12. The van der Waals surface area contributed by atoms with Crippen molar-refractivity contribution >= 4 is 11.5 Å². The van der Waals surface area contributed by atoms with Gasteiger partial charge >= 0.3 is 0 Å². The summed E-state index contributed by atoms with van der Waals surface area (Å²) < 4.78 is 0. The lowest BCUT2D eigenvalue weighted by atomic mass is 10.1. The van der Waals surface area contributed by atoms with Crippen LogP contribution in [0.15, 0.2) is 11.2 Å². The molecule has 0 aliphatic carbocycles. The monoisotopic (exact) mass is 372 g/mol. The minimum atomic E-state index is 0.429. The number of nitrogens with one attached hydrogen (secondary N) is 1. The maximum Gasteiger partial charge on any atom is 0.134 e. The van der Waals surface area contributed by atoms with E-state index >= 15 is 0 Å². The molecule has 0 radical (unpaired) electrons. The van der Waals surface area contributed by atoms with Gasteiger partial charge in [0.25, 0.3) is 0 Å². The van der Waals surface area contributed by atoms with E-state index in [0.29, 0.717) is 12.0 Å². The molecule has 150 valence electrons. The maximum atomic E-state index is 5.18. The minimum Gasteiger partial charge on any atom is -0.356 e. The van der Waals surface area contributed by atoms with Gasteiger partial charge in [-0.25, -0.2) is 5.43 Å². The minimum absolute atomic E-state index is 0.429. The Bertz CT molecular complexity index is 685. The van der Waals surface area contributed by atoms with Crippen molar-refractivity contribution in [2.75, 3.05) is 51.3 Å². The van der Waals surface area contributed by atoms with Crippen LogP contribution in [-0.2, 0) is 0 Å². The molecule has 6 nitrogen and oxygen atoms in total. The van der Waals surface area contributed by atoms with Crippen LogP contribution in [-0.4, -0.2) is 73.0 Å². The Hall–Kier alpha value is -1.66. The van der Waals surface area contributed by atoms with Gasteiger partial charge in [0.05, 0.1) is 17.8 Å². The highest BCUT2D eigenvalue weighted by Gasteiger charge is 2.27. The molecule has 2 unspecified atom stereocenters. The number of hydrazine groups is 1. The second-order valence-corrected chi connectivity index (χ2v) is 8.18. The number of nitrogens with zero attached hydrogens (tertiary/aromatic N) is 5. The summed E-state index contributed by atoms with van der Waals surface area (Å²) in [5.41, 5.74) is 8.26. The number of amidine groups is 1. The predicted octanol–water partition coefficient (Wildman–Crippen LogP) is 2.45. The smallest absolute Gasteiger partial charge is 0.134 e. The summed E-state index contributed by atoms with van der Waals surface area (Å²) in [4.78, 5) is 14.8. The first kappa shape index (κ1) is 20.1. The molecular weight excluding hydrogens is 336 g/mol. The quantitative estimate of drug-likeness (QED) is 0.820. The van der Waals surface area contributed by atoms with Crippen LogP contribution in [0.4, 0.5) is 5.69 Å². The number of aliphatic imine (C=N–C) groups is 1. The average molecular weight is 373 g/mol. The highest BCUT2D eigenvalue weighted by molar-refractivity contribution is 6.04. The number of aryl methyl sites for hydroxylation is 1. The molecule has 0 saturated carbocycles. The summed E-state index contributed by atoms with van der Waals surface area (Å²) in [6.45, 7) is 17.1. The first-order valence-corrected chi connectivity index (χ1v) is 10.4. The van der Waals surface area contributed by atoms with Crippen molar-refractivity contribution in [1.82, 2.24) is 20.2 Å². The zero-order chi connectivity index (χ0) is 19.6. The molecule has 1 fully saturated rings. The number of aromatic nitrogens is 1. The van der Waals surface area contributed by atoms with Gasteiger partial charge in [0, 0.05) is 51.2 Å². The van der Waals surface area contributed by atoms with E-state index in [1.807, 2.05) is 6.20 Å². The molecule has 3 heterocycles. The van der Waals surface area contributed by atoms with Crippen molar-refractivity contribution < 1.29 is 0 Å². The van der Waals surface area contributed by atoms with Gasteiger partial charge in [0.1, 0.15) is 5.84 Å². The molecule has 1 aromatic heterocycles. The van der Waals surface area contributed by atoms with Gasteiger partial charge in [-0.05, 0) is 45.2 Å². The van der Waals surface area contributed by atoms with Crippen LogP contribution in [0.1, 0.15) is 44.0 Å². The van der Waals surface area contributed by atoms with E-state index in [0.717, 1.165) is 56.4 Å². The van der Waals surface area contributed by atoms with Gasteiger partial charge in [-0.15, -0.1) is 0 Å². The van der Waals surface area contributed by atoms with Crippen molar-refractivity contribution in [1.29, 1.82) is 0 Å². The van der Waals surface area contributed by atoms with E-state index in [2.05, 4.69) is 61.9 Å². The number of rotatable bonds is 1. The maximum absolute atomic E-state index is 5.18. The van der Waals surface area contributed by atoms with E-state index in [4.69, 9.17) is 9.98 Å². The van der Waals surface area contributed by atoms with E-state index in [-0.39, 0.29) is 0 Å². The van der Waals surface area contributed by atoms with Crippen LogP contribution in [0, 0.1) is 19.8 Å². The van der Waals surface area contributed by atoms with Crippen LogP contribution < -0.4 is 10.4 Å². The van der Waals surface area contributed by atoms with Crippen molar-refractivity contribution in [3.8, 4) is 0 Å². The van der Waals surface area contributed by atoms with Gasteiger partial charge in [-0.3, -0.25) is 14.9 Å². The number of hydrogen-bond donors (Lipinski definition) is 1. The van der Waals surface area contributed by atoms with E-state index in [1.54, 1.807) is 0 Å². The number of pyridine rings is 1. The molecule has 2 aliphatic rings. The molecule has 2 aliphatic heterocycles. The zero-order valence-electron chi connectivity index (χ0n) is 17.9. The molecule has 2 atom stereocenters. The first-order chi connectivity index (χ1) is 12.9. The number of fused-ring (bicyclic) bond motifs is 1. The molecule has 0 amide bonds. The Morgan fingerprint density at radius 3 is 2.67 bits per heavy atom. The molecule has 0 spiro atoms. The summed E-state index contributed by atoms with van der Waals surface area (Å²) in [5.74, 6) is 1.83. The molecular formula is C21H36N6. The summed E-state index contributed by atoms with van der Waals surface area (Å²) >= 11 is 0. The van der Waals surface area contributed by atoms with E-state index < -0.39 is 0 Å². The van der Waals surface area contributed by atoms with Crippen molar-refractivity contribution in [2.24, 2.45) is 10.9 Å². The standard InChI is InChI=1S/C21H36N6/c1-7-26-11-9-24-25(6)20-17(4)18(5)22-13-19(20)21(23-12-16(26)3)27-10-8-15(2)14-27/h13,15-16,24H,7-12,14H2,1-6H3/b23-21+. The van der Waals surface area contributed by atoms with Gasteiger partial charge < -0.3 is 9.91 Å². The number of likely N-dealkylation sites (N-methyl/N-ethyl adjacent to an activating group) is 1. The van der Waals surface area contributed by atoms with Crippen LogP contribution in [0.3, 0.4) is 0 Å². The van der Waals surface area contributed by atoms with Crippen LogP contribution in [0.25, 0.3) is 0 Å². The summed E-state index contributed by atoms with van der Waals surface area (Å²) in [7, 11) is 2.12. The molecule has 1 N–H and O–H groups in total. The lowest BCUT2D eigenvalue weighted by Gasteiger charge is -2.29. The SMILES string of the molecule is CCN1CCNN(C)c2c(cnc(C)c2C)/C(N2CCC(C)C2)=N\CC1C. The molecule has 27 heavy (non-hydrogen) atoms. The fraction of sp³-hybridized carbons (Fsp3) is 0.714. The lowest BCUT2D eigenvalue weighted by molar-refractivity contribution is 0.224. The van der Waals surface area contributed by atoms with Gasteiger partial charge in [-0.1, -0.05) is 13.8 Å². The normalized spacial score (nSPS) is 27.1. The highest BCUT2D eigenvalue weighted by Crippen LogP contribution is 2.29. The van der Waals surface area contributed by atoms with Crippen LogP contribution in [0.2, 0.25) is 0 Å². The Morgan fingerprint density at radius 2 is 2.00 bits per heavy atom. The second kappa shape index (κ2) is 8.57. The van der Waals surface area contributed by atoms with Crippen molar-refractivity contribution in [3.05, 3.63) is 23.0 Å². The molecule has 0 bridgehead atoms. The molecule has 6 heteroatoms. The summed E-state index contributed by atoms with van der Waals surface area (Å²) in [6, 6.07) is 0.429.